The minimum absolute atomic E-state index is 0.0974. The molecule has 0 amide bonds. The molecule has 0 heterocycles. The van der Waals surface area contributed by atoms with Gasteiger partial charge in [0.2, 0.25) is 0 Å². The summed E-state index contributed by atoms with van der Waals surface area (Å²) in [5.41, 5.74) is 0.460. The van der Waals surface area contributed by atoms with Crippen LogP contribution in [0.3, 0.4) is 0 Å². The summed E-state index contributed by atoms with van der Waals surface area (Å²) in [5.74, 6) is -0.0974. The molecule has 1 N–H and O–H groups in total. The van der Waals surface area contributed by atoms with Gasteiger partial charge in [0, 0.05) is 12.1 Å². The summed E-state index contributed by atoms with van der Waals surface area (Å²) in [7, 11) is 0. The number of rotatable bonds is 5. The second-order valence-electron chi connectivity index (χ2n) is 5.68. The molecule has 2 unspecified atom stereocenters. The number of carbonyl (C=O) groups is 1. The average molecular weight is 227 g/mol. The summed E-state index contributed by atoms with van der Waals surface area (Å²) in [6.07, 6.45) is 4.18. The Balaban J connectivity index is 2.24. The van der Waals surface area contributed by atoms with E-state index in [1.165, 1.54) is 19.3 Å². The standard InChI is InChI=1S/C13H25NO2/c1-5-16-12(15)8-10(2)14-11-6-7-13(3,4)9-11/h10-11,14H,5-9H2,1-4H3. The Morgan fingerprint density at radius 3 is 2.75 bits per heavy atom. The first-order valence-corrected chi connectivity index (χ1v) is 6.34. The van der Waals surface area contributed by atoms with Crippen LogP contribution in [0.4, 0.5) is 0 Å². The first-order valence-electron chi connectivity index (χ1n) is 6.34. The fourth-order valence-electron chi connectivity index (χ4n) is 2.51. The first kappa shape index (κ1) is 13.5. The summed E-state index contributed by atoms with van der Waals surface area (Å²) >= 11 is 0. The van der Waals surface area contributed by atoms with E-state index in [0.29, 0.717) is 24.5 Å². The van der Waals surface area contributed by atoms with E-state index in [1.807, 2.05) is 6.92 Å². The highest BCUT2D eigenvalue weighted by Gasteiger charge is 2.31. The Bertz CT molecular complexity index is 238. The molecule has 0 aromatic rings. The van der Waals surface area contributed by atoms with Gasteiger partial charge >= 0.3 is 5.97 Å². The van der Waals surface area contributed by atoms with Crippen LogP contribution >= 0.6 is 0 Å². The molecule has 3 nitrogen and oxygen atoms in total. The van der Waals surface area contributed by atoms with Crippen LogP contribution in [0.5, 0.6) is 0 Å². The normalized spacial score (nSPS) is 25.4. The summed E-state index contributed by atoms with van der Waals surface area (Å²) in [6.45, 7) is 9.00. The number of carbonyl (C=O) groups excluding carboxylic acids is 1. The minimum Gasteiger partial charge on any atom is -0.466 e. The fraction of sp³-hybridized carbons (Fsp3) is 0.923. The van der Waals surface area contributed by atoms with Gasteiger partial charge in [-0.25, -0.2) is 0 Å². The Morgan fingerprint density at radius 2 is 2.25 bits per heavy atom. The Morgan fingerprint density at radius 1 is 1.56 bits per heavy atom. The van der Waals surface area contributed by atoms with E-state index >= 15 is 0 Å². The van der Waals surface area contributed by atoms with Crippen LogP contribution in [0.2, 0.25) is 0 Å². The molecule has 16 heavy (non-hydrogen) atoms. The third kappa shape index (κ3) is 4.52. The highest BCUT2D eigenvalue weighted by atomic mass is 16.5. The van der Waals surface area contributed by atoms with E-state index in [0.717, 1.165) is 0 Å². The van der Waals surface area contributed by atoms with Crippen molar-refractivity contribution in [1.82, 2.24) is 5.32 Å². The molecule has 3 heteroatoms. The summed E-state index contributed by atoms with van der Waals surface area (Å²) in [4.78, 5) is 11.3. The van der Waals surface area contributed by atoms with Gasteiger partial charge in [-0.2, -0.15) is 0 Å². The lowest BCUT2D eigenvalue weighted by Crippen LogP contribution is -2.37. The highest BCUT2D eigenvalue weighted by Crippen LogP contribution is 2.37. The Kier molecular flexibility index (Phi) is 4.78. The summed E-state index contributed by atoms with van der Waals surface area (Å²) < 4.78 is 4.94. The van der Waals surface area contributed by atoms with Crippen molar-refractivity contribution in [3.63, 3.8) is 0 Å². The lowest BCUT2D eigenvalue weighted by atomic mass is 9.92. The molecule has 1 rings (SSSR count). The van der Waals surface area contributed by atoms with E-state index in [1.54, 1.807) is 0 Å². The van der Waals surface area contributed by atoms with E-state index in [9.17, 15) is 4.79 Å². The van der Waals surface area contributed by atoms with Gasteiger partial charge in [-0.1, -0.05) is 13.8 Å². The monoisotopic (exact) mass is 227 g/mol. The van der Waals surface area contributed by atoms with Gasteiger partial charge in [0.05, 0.1) is 13.0 Å². The van der Waals surface area contributed by atoms with Crippen molar-refractivity contribution in [2.24, 2.45) is 5.41 Å². The summed E-state index contributed by atoms with van der Waals surface area (Å²) in [5, 5.41) is 3.52. The lowest BCUT2D eigenvalue weighted by Gasteiger charge is -2.21. The van der Waals surface area contributed by atoms with Crippen molar-refractivity contribution < 1.29 is 9.53 Å². The smallest absolute Gasteiger partial charge is 0.307 e. The zero-order valence-electron chi connectivity index (χ0n) is 11.0. The molecule has 1 aliphatic rings. The van der Waals surface area contributed by atoms with Gasteiger partial charge < -0.3 is 10.1 Å². The van der Waals surface area contributed by atoms with Crippen LogP contribution in [0.25, 0.3) is 0 Å². The van der Waals surface area contributed by atoms with E-state index in [-0.39, 0.29) is 12.0 Å². The summed E-state index contributed by atoms with van der Waals surface area (Å²) in [6, 6.07) is 0.789. The SMILES string of the molecule is CCOC(=O)CC(C)NC1CCC(C)(C)C1. The Labute approximate surface area is 98.9 Å². The third-order valence-electron chi connectivity index (χ3n) is 3.27. The molecule has 0 radical (unpaired) electrons. The maximum atomic E-state index is 11.3. The van der Waals surface area contributed by atoms with Crippen molar-refractivity contribution in [3.05, 3.63) is 0 Å². The van der Waals surface area contributed by atoms with E-state index in [2.05, 4.69) is 26.1 Å². The number of hydrogen-bond donors (Lipinski definition) is 1. The number of ether oxygens (including phenoxy) is 1. The van der Waals surface area contributed by atoms with Gasteiger partial charge in [-0.3, -0.25) is 4.79 Å². The quantitative estimate of drug-likeness (QED) is 0.733. The molecule has 0 aromatic carbocycles. The molecule has 0 bridgehead atoms. The predicted molar refractivity (Wildman–Crippen MR) is 65.3 cm³/mol. The van der Waals surface area contributed by atoms with Gasteiger partial charge in [0.15, 0.2) is 0 Å². The van der Waals surface area contributed by atoms with Crippen LogP contribution in [-0.4, -0.2) is 24.7 Å². The molecule has 1 saturated carbocycles. The van der Waals surface area contributed by atoms with Crippen LogP contribution in [-0.2, 0) is 9.53 Å². The third-order valence-corrected chi connectivity index (χ3v) is 3.27. The van der Waals surface area contributed by atoms with Crippen LogP contribution in [0.15, 0.2) is 0 Å². The molecule has 0 aromatic heterocycles. The predicted octanol–water partition coefficient (Wildman–Crippen LogP) is 2.50. The zero-order valence-corrected chi connectivity index (χ0v) is 11.0. The molecule has 1 aliphatic carbocycles. The van der Waals surface area contributed by atoms with Crippen molar-refractivity contribution in [2.75, 3.05) is 6.61 Å². The molecule has 0 spiro atoms. The van der Waals surface area contributed by atoms with E-state index in [4.69, 9.17) is 4.74 Å². The maximum Gasteiger partial charge on any atom is 0.307 e. The second kappa shape index (κ2) is 5.67. The molecule has 0 saturated heterocycles. The van der Waals surface area contributed by atoms with Gasteiger partial charge in [0.25, 0.3) is 0 Å². The number of nitrogens with one attached hydrogen (secondary N) is 1. The minimum atomic E-state index is -0.0974. The van der Waals surface area contributed by atoms with E-state index < -0.39 is 0 Å². The molecule has 94 valence electrons. The van der Waals surface area contributed by atoms with Crippen molar-refractivity contribution >= 4 is 5.97 Å². The van der Waals surface area contributed by atoms with Crippen LogP contribution in [0.1, 0.15) is 53.4 Å². The first-order chi connectivity index (χ1) is 7.43. The van der Waals surface area contributed by atoms with Gasteiger partial charge in [-0.05, 0) is 38.5 Å². The number of esters is 1. The average Bonchev–Trinajstić information content (AvgIpc) is 2.45. The lowest BCUT2D eigenvalue weighted by molar-refractivity contribution is -0.143. The highest BCUT2D eigenvalue weighted by molar-refractivity contribution is 5.70. The van der Waals surface area contributed by atoms with Gasteiger partial charge in [0.1, 0.15) is 0 Å². The second-order valence-corrected chi connectivity index (χ2v) is 5.68. The topological polar surface area (TPSA) is 38.3 Å². The maximum absolute atomic E-state index is 11.3. The number of hydrogen-bond acceptors (Lipinski definition) is 3. The molecular formula is C13H25NO2. The fourth-order valence-corrected chi connectivity index (χ4v) is 2.51. The Hall–Kier alpha value is -0.570. The molecule has 2 atom stereocenters. The van der Waals surface area contributed by atoms with Gasteiger partial charge in [-0.15, -0.1) is 0 Å². The largest absolute Gasteiger partial charge is 0.466 e. The van der Waals surface area contributed by atoms with Crippen molar-refractivity contribution in [1.29, 1.82) is 0 Å². The van der Waals surface area contributed by atoms with Crippen LogP contribution in [0, 0.1) is 5.41 Å². The van der Waals surface area contributed by atoms with Crippen LogP contribution < -0.4 is 5.32 Å². The molecule has 1 fully saturated rings. The van der Waals surface area contributed by atoms with Crippen molar-refractivity contribution in [2.45, 2.75) is 65.5 Å². The molecular weight excluding hydrogens is 202 g/mol. The van der Waals surface area contributed by atoms with Crippen molar-refractivity contribution in [3.8, 4) is 0 Å². The molecule has 0 aliphatic heterocycles. The zero-order chi connectivity index (χ0) is 12.2.